The van der Waals surface area contributed by atoms with Crippen molar-refractivity contribution in [2.75, 3.05) is 0 Å². The molecule has 3 nitrogen and oxygen atoms in total. The molecule has 2 rings (SSSR count). The molecule has 0 atom stereocenters. The van der Waals surface area contributed by atoms with Gasteiger partial charge in [0, 0.05) is 11.9 Å². The molecule has 0 unspecified atom stereocenters. The molecule has 0 spiro atoms. The molecule has 0 radical (unpaired) electrons. The summed E-state index contributed by atoms with van der Waals surface area (Å²) in [4.78, 5) is 14.5. The molecule has 0 saturated heterocycles. The van der Waals surface area contributed by atoms with Gasteiger partial charge in [-0.05, 0) is 18.1 Å². The van der Waals surface area contributed by atoms with Gasteiger partial charge in [0.2, 0.25) is 0 Å². The summed E-state index contributed by atoms with van der Waals surface area (Å²) in [6.07, 6.45) is 5.12. The van der Waals surface area contributed by atoms with E-state index in [1.807, 2.05) is 22.8 Å². The Hall–Kier alpha value is -1.90. The van der Waals surface area contributed by atoms with Crippen molar-refractivity contribution < 1.29 is 4.79 Å². The van der Waals surface area contributed by atoms with Crippen LogP contribution < -0.4 is 0 Å². The van der Waals surface area contributed by atoms with Crippen molar-refractivity contribution in [1.82, 2.24) is 9.55 Å². The number of carbonyl (C=O) groups excluding carboxylic acids is 1. The van der Waals surface area contributed by atoms with Crippen molar-refractivity contribution in [3.8, 4) is 5.69 Å². The molecule has 0 fully saturated rings. The number of benzene rings is 1. The Morgan fingerprint density at radius 2 is 2.20 bits per heavy atom. The number of carbonyl (C=O) groups is 1. The predicted octanol–water partition coefficient (Wildman–Crippen LogP) is 2.25. The average Bonchev–Trinajstić information content (AvgIpc) is 2.77. The van der Waals surface area contributed by atoms with Crippen molar-refractivity contribution in [3.63, 3.8) is 0 Å². The first-order chi connectivity index (χ1) is 7.35. The van der Waals surface area contributed by atoms with E-state index in [1.165, 1.54) is 5.56 Å². The number of nitrogens with zero attached hydrogens (tertiary/aromatic N) is 2. The van der Waals surface area contributed by atoms with Gasteiger partial charge in [-0.2, -0.15) is 0 Å². The first-order valence-electron chi connectivity index (χ1n) is 4.92. The summed E-state index contributed by atoms with van der Waals surface area (Å²) in [6.45, 7) is 2.11. The molecule has 15 heavy (non-hydrogen) atoms. The highest BCUT2D eigenvalue weighted by atomic mass is 16.1. The van der Waals surface area contributed by atoms with Crippen LogP contribution >= 0.6 is 0 Å². The molecule has 0 saturated carbocycles. The highest BCUT2D eigenvalue weighted by Gasteiger charge is 2.03. The Morgan fingerprint density at radius 1 is 1.40 bits per heavy atom. The van der Waals surface area contributed by atoms with Gasteiger partial charge < -0.3 is 4.57 Å². The molecular weight excluding hydrogens is 188 g/mol. The molecule has 1 aromatic carbocycles. The summed E-state index contributed by atoms with van der Waals surface area (Å²) in [7, 11) is 0. The van der Waals surface area contributed by atoms with Crippen molar-refractivity contribution >= 4 is 6.29 Å². The van der Waals surface area contributed by atoms with Gasteiger partial charge in [0.15, 0.2) is 6.29 Å². The third-order valence-electron chi connectivity index (χ3n) is 2.37. The molecule has 1 heterocycles. The molecule has 0 amide bonds. The van der Waals surface area contributed by atoms with E-state index in [4.69, 9.17) is 0 Å². The second kappa shape index (κ2) is 4.09. The largest absolute Gasteiger partial charge is 0.305 e. The lowest BCUT2D eigenvalue weighted by molar-refractivity contribution is 0.111. The number of aldehydes is 1. The number of para-hydroxylation sites is 1. The lowest BCUT2D eigenvalue weighted by Crippen LogP contribution is -1.95. The van der Waals surface area contributed by atoms with Gasteiger partial charge in [-0.3, -0.25) is 4.79 Å². The number of imidazole rings is 1. The van der Waals surface area contributed by atoms with Crippen molar-refractivity contribution in [3.05, 3.63) is 48.0 Å². The zero-order valence-corrected chi connectivity index (χ0v) is 8.55. The van der Waals surface area contributed by atoms with Crippen molar-refractivity contribution in [1.29, 1.82) is 0 Å². The van der Waals surface area contributed by atoms with Crippen molar-refractivity contribution in [2.45, 2.75) is 13.3 Å². The van der Waals surface area contributed by atoms with Gasteiger partial charge in [-0.1, -0.05) is 25.1 Å². The fourth-order valence-corrected chi connectivity index (χ4v) is 1.59. The second-order valence-corrected chi connectivity index (χ2v) is 3.31. The van der Waals surface area contributed by atoms with E-state index in [2.05, 4.69) is 18.0 Å². The number of aryl methyl sites for hydroxylation is 1. The van der Waals surface area contributed by atoms with Crippen LogP contribution in [-0.4, -0.2) is 15.8 Å². The quantitative estimate of drug-likeness (QED) is 0.712. The Balaban J connectivity index is 2.48. The summed E-state index contributed by atoms with van der Waals surface area (Å²) >= 11 is 0. The molecule has 2 aromatic rings. The number of aromatic nitrogens is 2. The highest BCUT2D eigenvalue weighted by molar-refractivity contribution is 5.71. The van der Waals surface area contributed by atoms with Gasteiger partial charge in [0.05, 0.1) is 0 Å². The standard InChI is InChI=1S/C12H12N2O/c1-2-10-5-3-4-6-12(10)14-7-11(8-15)13-9-14/h3-9H,2H2,1H3. The minimum absolute atomic E-state index is 0.459. The first kappa shape index (κ1) is 9.65. The zero-order valence-electron chi connectivity index (χ0n) is 8.55. The van der Waals surface area contributed by atoms with Crippen LogP contribution in [-0.2, 0) is 6.42 Å². The van der Waals surface area contributed by atoms with E-state index in [-0.39, 0.29) is 0 Å². The summed E-state index contributed by atoms with van der Waals surface area (Å²) < 4.78 is 1.88. The van der Waals surface area contributed by atoms with Crippen LogP contribution in [0.5, 0.6) is 0 Å². The molecule has 0 N–H and O–H groups in total. The Kier molecular flexibility index (Phi) is 2.63. The average molecular weight is 200 g/mol. The SMILES string of the molecule is CCc1ccccc1-n1cnc(C=O)c1. The van der Waals surface area contributed by atoms with E-state index < -0.39 is 0 Å². The minimum Gasteiger partial charge on any atom is -0.305 e. The number of hydrogen-bond acceptors (Lipinski definition) is 2. The molecule has 0 aliphatic rings. The summed E-state index contributed by atoms with van der Waals surface area (Å²) in [5.74, 6) is 0. The van der Waals surface area contributed by atoms with Gasteiger partial charge in [0.25, 0.3) is 0 Å². The molecule has 0 aliphatic carbocycles. The fourth-order valence-electron chi connectivity index (χ4n) is 1.59. The molecule has 3 heteroatoms. The smallest absolute Gasteiger partial charge is 0.170 e. The Bertz CT molecular complexity index is 474. The zero-order chi connectivity index (χ0) is 10.7. The van der Waals surface area contributed by atoms with Crippen LogP contribution in [0.1, 0.15) is 23.0 Å². The van der Waals surface area contributed by atoms with Crippen LogP contribution in [0.2, 0.25) is 0 Å². The summed E-state index contributed by atoms with van der Waals surface area (Å²) in [5, 5.41) is 0. The molecule has 76 valence electrons. The maximum absolute atomic E-state index is 10.5. The molecule has 1 aromatic heterocycles. The first-order valence-corrected chi connectivity index (χ1v) is 4.92. The fraction of sp³-hybridized carbons (Fsp3) is 0.167. The van der Waals surface area contributed by atoms with E-state index in [9.17, 15) is 4.79 Å². The molecular formula is C12H12N2O. The highest BCUT2D eigenvalue weighted by Crippen LogP contribution is 2.14. The van der Waals surface area contributed by atoms with Crippen LogP contribution in [0.15, 0.2) is 36.8 Å². The van der Waals surface area contributed by atoms with Gasteiger partial charge in [-0.25, -0.2) is 4.98 Å². The van der Waals surface area contributed by atoms with Crippen LogP contribution in [0.4, 0.5) is 0 Å². The van der Waals surface area contributed by atoms with Crippen molar-refractivity contribution in [2.24, 2.45) is 0 Å². The van der Waals surface area contributed by atoms with Crippen LogP contribution in [0.25, 0.3) is 5.69 Å². The monoisotopic (exact) mass is 200 g/mol. The Morgan fingerprint density at radius 3 is 2.87 bits per heavy atom. The predicted molar refractivity (Wildman–Crippen MR) is 58.3 cm³/mol. The van der Waals surface area contributed by atoms with E-state index in [0.717, 1.165) is 18.4 Å². The number of hydrogen-bond donors (Lipinski definition) is 0. The van der Waals surface area contributed by atoms with Crippen LogP contribution in [0, 0.1) is 0 Å². The summed E-state index contributed by atoms with van der Waals surface area (Å²) in [5.41, 5.74) is 2.79. The van der Waals surface area contributed by atoms with Crippen LogP contribution in [0.3, 0.4) is 0 Å². The normalized spacial score (nSPS) is 10.2. The molecule has 0 bridgehead atoms. The maximum Gasteiger partial charge on any atom is 0.170 e. The van der Waals surface area contributed by atoms with Gasteiger partial charge in [0.1, 0.15) is 12.0 Å². The number of rotatable bonds is 3. The van der Waals surface area contributed by atoms with E-state index in [1.54, 1.807) is 12.5 Å². The van der Waals surface area contributed by atoms with E-state index in [0.29, 0.717) is 5.69 Å². The third-order valence-corrected chi connectivity index (χ3v) is 2.37. The minimum atomic E-state index is 0.459. The van der Waals surface area contributed by atoms with Gasteiger partial charge >= 0.3 is 0 Å². The topological polar surface area (TPSA) is 34.9 Å². The maximum atomic E-state index is 10.5. The molecule has 0 aliphatic heterocycles. The Labute approximate surface area is 88.4 Å². The third kappa shape index (κ3) is 1.81. The lowest BCUT2D eigenvalue weighted by Gasteiger charge is -2.07. The van der Waals surface area contributed by atoms with E-state index >= 15 is 0 Å². The summed E-state index contributed by atoms with van der Waals surface area (Å²) in [6, 6.07) is 8.10. The lowest BCUT2D eigenvalue weighted by atomic mass is 10.1. The van der Waals surface area contributed by atoms with Gasteiger partial charge in [-0.15, -0.1) is 0 Å². The second-order valence-electron chi connectivity index (χ2n) is 3.31.